The molecule has 2 aromatic carbocycles. The Morgan fingerprint density at radius 1 is 0.760 bits per heavy atom. The first-order chi connectivity index (χ1) is 12.1. The van der Waals surface area contributed by atoms with E-state index < -0.39 is 18.6 Å². The molecule has 0 spiro atoms. The molecular weight excluding hydrogens is 491 g/mol. The molecule has 2 aromatic rings. The number of rotatable bonds is 2. The van der Waals surface area contributed by atoms with E-state index in [2.05, 4.69) is 9.69 Å². The van der Waals surface area contributed by atoms with E-state index in [9.17, 15) is 0 Å². The molecule has 0 saturated heterocycles. The summed E-state index contributed by atoms with van der Waals surface area (Å²) in [5.41, 5.74) is 2.19. The van der Waals surface area contributed by atoms with E-state index in [1.807, 2.05) is 74.5 Å². The summed E-state index contributed by atoms with van der Waals surface area (Å²) in [7, 11) is 0. The van der Waals surface area contributed by atoms with Gasteiger partial charge in [0.25, 0.3) is 0 Å². The van der Waals surface area contributed by atoms with Crippen LogP contribution in [-0.4, -0.2) is 0 Å². The largest absolute Gasteiger partial charge is 0.309 e. The van der Waals surface area contributed by atoms with Crippen LogP contribution in [0, 0.1) is 32.6 Å². The van der Waals surface area contributed by atoms with Gasteiger partial charge in [-0.25, -0.2) is 13.1 Å². The summed E-state index contributed by atoms with van der Waals surface area (Å²) in [6.07, 6.45) is 0. The molecule has 5 heteroatoms. The van der Waals surface area contributed by atoms with Gasteiger partial charge in [0.2, 0.25) is 12.1 Å². The third-order valence-corrected chi connectivity index (χ3v) is 3.53. The SMILES string of the molecule is N#[C][Pt][C]#N.[C-]#[N+][C@@H](C)c1ccccc1.[C-]#[N+][C@@H](C)c1ccccc1. The maximum atomic E-state index is 7.64. The second-order valence-electron chi connectivity index (χ2n) is 4.65. The smallest absolute Gasteiger partial charge is 0.245 e. The van der Waals surface area contributed by atoms with Crippen molar-refractivity contribution >= 4 is 0 Å². The summed E-state index contributed by atoms with van der Waals surface area (Å²) in [5, 5.41) is 15.3. The van der Waals surface area contributed by atoms with Gasteiger partial charge in [0.05, 0.1) is 0 Å². The van der Waals surface area contributed by atoms with Gasteiger partial charge in [0.1, 0.15) is 0 Å². The average Bonchev–Trinajstić information content (AvgIpc) is 2.69. The second-order valence-corrected chi connectivity index (χ2v) is 6.24. The fourth-order valence-electron chi connectivity index (χ4n) is 1.63. The van der Waals surface area contributed by atoms with Gasteiger partial charge in [-0.1, -0.05) is 60.7 Å². The number of benzene rings is 2. The normalized spacial score (nSPS) is 10.6. The Hall–Kier alpha value is -2.91. The van der Waals surface area contributed by atoms with Crippen LogP contribution in [-0.2, 0) is 18.6 Å². The molecule has 0 aliphatic heterocycles. The molecule has 0 unspecified atom stereocenters. The van der Waals surface area contributed by atoms with Crippen molar-refractivity contribution < 1.29 is 18.6 Å². The first kappa shape index (κ1) is 22.1. The molecule has 0 heterocycles. The molecule has 0 bridgehead atoms. The fraction of sp³-hybridized carbons (Fsp3) is 0.200. The summed E-state index contributed by atoms with van der Waals surface area (Å²) >= 11 is -0.765. The third-order valence-electron chi connectivity index (χ3n) is 3.02. The molecule has 2 atom stereocenters. The molecule has 2 rings (SSSR count). The molecule has 0 aliphatic rings. The van der Waals surface area contributed by atoms with Crippen molar-refractivity contribution in [1.29, 1.82) is 10.5 Å². The van der Waals surface area contributed by atoms with Crippen LogP contribution in [0.5, 0.6) is 0 Å². The van der Waals surface area contributed by atoms with E-state index in [-0.39, 0.29) is 12.1 Å². The van der Waals surface area contributed by atoms with E-state index in [1.54, 1.807) is 8.92 Å². The van der Waals surface area contributed by atoms with Gasteiger partial charge in [-0.2, -0.15) is 0 Å². The molecule has 0 aliphatic carbocycles. The number of nitriles is 2. The summed E-state index contributed by atoms with van der Waals surface area (Å²) in [6, 6.07) is 19.6. The average molecular weight is 509 g/mol. The molecule has 0 saturated carbocycles. The van der Waals surface area contributed by atoms with Crippen LogP contribution in [0.25, 0.3) is 9.69 Å². The monoisotopic (exact) mass is 509 g/mol. The van der Waals surface area contributed by atoms with Crippen molar-refractivity contribution in [3.8, 4) is 8.92 Å². The van der Waals surface area contributed by atoms with Gasteiger partial charge >= 0.3 is 38.0 Å². The zero-order valence-electron chi connectivity index (χ0n) is 14.0. The number of hydrogen-bond donors (Lipinski definition) is 0. The Labute approximate surface area is 158 Å². The first-order valence-electron chi connectivity index (χ1n) is 7.28. The minimum absolute atomic E-state index is 0.00111. The molecule has 0 aromatic heterocycles. The zero-order valence-corrected chi connectivity index (χ0v) is 16.3. The van der Waals surface area contributed by atoms with Crippen LogP contribution in [0.3, 0.4) is 0 Å². The van der Waals surface area contributed by atoms with Crippen molar-refractivity contribution in [1.82, 2.24) is 0 Å². The van der Waals surface area contributed by atoms with Gasteiger partial charge in [0.15, 0.2) is 0 Å². The quantitative estimate of drug-likeness (QED) is 0.512. The summed E-state index contributed by atoms with van der Waals surface area (Å²) in [6.45, 7) is 17.4. The van der Waals surface area contributed by atoms with Crippen molar-refractivity contribution in [2.24, 2.45) is 0 Å². The Bertz CT molecular complexity index is 694. The molecule has 4 nitrogen and oxygen atoms in total. The van der Waals surface area contributed by atoms with Crippen LogP contribution >= 0.6 is 0 Å². The van der Waals surface area contributed by atoms with Crippen LogP contribution in [0.1, 0.15) is 37.1 Å². The Morgan fingerprint density at radius 2 is 1.08 bits per heavy atom. The Morgan fingerprint density at radius 3 is 1.28 bits per heavy atom. The van der Waals surface area contributed by atoms with E-state index in [0.717, 1.165) is 11.1 Å². The van der Waals surface area contributed by atoms with Gasteiger partial charge in [0, 0.05) is 25.0 Å². The fourth-order valence-corrected chi connectivity index (χ4v) is 1.74. The van der Waals surface area contributed by atoms with E-state index in [1.165, 1.54) is 0 Å². The number of hydrogen-bond acceptors (Lipinski definition) is 2. The van der Waals surface area contributed by atoms with Gasteiger partial charge in [-0.05, 0) is 0 Å². The molecule has 0 amide bonds. The van der Waals surface area contributed by atoms with E-state index in [4.69, 9.17) is 23.7 Å². The summed E-state index contributed by atoms with van der Waals surface area (Å²) < 4.78 is 3.53. The van der Waals surface area contributed by atoms with Gasteiger partial charge < -0.3 is 9.69 Å². The zero-order chi connectivity index (χ0) is 18.9. The number of nitrogens with zero attached hydrogens (tertiary/aromatic N) is 4. The summed E-state index contributed by atoms with van der Waals surface area (Å²) in [5.74, 6) is 0. The topological polar surface area (TPSA) is 56.3 Å². The molecular formula is C20H18N4Pt. The molecule has 0 fully saturated rings. The Balaban J connectivity index is 0.000000368. The van der Waals surface area contributed by atoms with Crippen LogP contribution in [0.4, 0.5) is 0 Å². The van der Waals surface area contributed by atoms with E-state index in [0.29, 0.717) is 0 Å². The van der Waals surface area contributed by atoms with Gasteiger partial charge in [-0.15, -0.1) is 0 Å². The van der Waals surface area contributed by atoms with E-state index >= 15 is 0 Å². The van der Waals surface area contributed by atoms with Crippen molar-refractivity contribution in [3.05, 3.63) is 94.6 Å². The molecule has 25 heavy (non-hydrogen) atoms. The van der Waals surface area contributed by atoms with Crippen molar-refractivity contribution in [3.63, 3.8) is 0 Å². The summed E-state index contributed by atoms with van der Waals surface area (Å²) in [4.78, 5) is 6.82. The molecule has 0 N–H and O–H groups in total. The first-order valence-corrected chi connectivity index (χ1v) is 9.55. The van der Waals surface area contributed by atoms with Crippen molar-refractivity contribution in [2.45, 2.75) is 25.9 Å². The van der Waals surface area contributed by atoms with Crippen molar-refractivity contribution in [2.75, 3.05) is 0 Å². The van der Waals surface area contributed by atoms with Gasteiger partial charge in [-0.3, -0.25) is 0 Å². The predicted octanol–water partition coefficient (Wildman–Crippen LogP) is 5.36. The predicted molar refractivity (Wildman–Crippen MR) is 94.1 cm³/mol. The maximum absolute atomic E-state index is 7.64. The molecule has 128 valence electrons. The minimum Gasteiger partial charge on any atom is -0.309 e. The maximum Gasteiger partial charge on any atom is 0.245 e. The Kier molecular flexibility index (Phi) is 13.0. The second kappa shape index (κ2) is 14.7. The third kappa shape index (κ3) is 10.5. The molecule has 0 radical (unpaired) electrons. The minimum atomic E-state index is -0.765. The standard InChI is InChI=1S/2C9H9N.2CN.Pt/c2*1-8(10-2)9-6-4-3-5-7-9;2*1-2;/h2*3-8H,1H3;;;/t2*8-;;;/m00.../s1. The van der Waals surface area contributed by atoms with Crippen LogP contribution < -0.4 is 0 Å². The van der Waals surface area contributed by atoms with Crippen LogP contribution in [0.2, 0.25) is 0 Å². The van der Waals surface area contributed by atoms with Crippen LogP contribution in [0.15, 0.2) is 60.7 Å².